The zero-order valence-corrected chi connectivity index (χ0v) is 8.52. The van der Waals surface area contributed by atoms with Gasteiger partial charge in [0.15, 0.2) is 0 Å². The van der Waals surface area contributed by atoms with E-state index in [1.54, 1.807) is 12.1 Å². The maximum absolute atomic E-state index is 13.4. The number of benzene rings is 1. The molecule has 1 aromatic carbocycles. The first-order valence-electron chi connectivity index (χ1n) is 4.76. The number of aryl methyl sites for hydroxylation is 1. The zero-order valence-electron chi connectivity index (χ0n) is 8.52. The number of hydrogen-bond donors (Lipinski definition) is 0. The van der Waals surface area contributed by atoms with Gasteiger partial charge in [-0.15, -0.1) is 6.58 Å². The van der Waals surface area contributed by atoms with Crippen molar-refractivity contribution in [3.8, 4) is 0 Å². The van der Waals surface area contributed by atoms with Crippen molar-refractivity contribution in [1.29, 1.82) is 0 Å². The van der Waals surface area contributed by atoms with Gasteiger partial charge < -0.3 is 0 Å². The van der Waals surface area contributed by atoms with Crippen LogP contribution in [0.3, 0.4) is 0 Å². The summed E-state index contributed by atoms with van der Waals surface area (Å²) >= 11 is 0. The smallest absolute Gasteiger partial charge is 0.130 e. The molecule has 0 fully saturated rings. The second-order valence-electron chi connectivity index (χ2n) is 3.26. The van der Waals surface area contributed by atoms with E-state index in [1.165, 1.54) is 6.07 Å². The molecule has 0 nitrogen and oxygen atoms in total. The van der Waals surface area contributed by atoms with E-state index in [-0.39, 0.29) is 5.82 Å². The van der Waals surface area contributed by atoms with E-state index >= 15 is 0 Å². The first kappa shape index (κ1) is 10.7. The summed E-state index contributed by atoms with van der Waals surface area (Å²) in [5, 5.41) is 0. The highest BCUT2D eigenvalue weighted by Crippen LogP contribution is 2.21. The van der Waals surface area contributed by atoms with Crippen LogP contribution in [0, 0.1) is 5.82 Å². The van der Waals surface area contributed by atoms with Crippen molar-refractivity contribution in [2.24, 2.45) is 0 Å². The number of halogens is 1. The molecule has 74 valence electrons. The minimum atomic E-state index is -0.200. The Hall–Kier alpha value is -1.37. The van der Waals surface area contributed by atoms with Crippen molar-refractivity contribution in [2.75, 3.05) is 0 Å². The van der Waals surface area contributed by atoms with Crippen LogP contribution >= 0.6 is 0 Å². The summed E-state index contributed by atoms with van der Waals surface area (Å²) in [4.78, 5) is 0. The quantitative estimate of drug-likeness (QED) is 0.630. The Bertz CT molecular complexity index is 350. The van der Waals surface area contributed by atoms with E-state index in [0.717, 1.165) is 17.6 Å². The molecule has 0 radical (unpaired) electrons. The van der Waals surface area contributed by atoms with E-state index in [9.17, 15) is 4.39 Å². The lowest BCUT2D eigenvalue weighted by atomic mass is 10.0. The summed E-state index contributed by atoms with van der Waals surface area (Å²) in [6.07, 6.45) is 3.28. The monoisotopic (exact) mass is 190 g/mol. The second kappa shape index (κ2) is 4.75. The predicted octanol–water partition coefficient (Wildman–Crippen LogP) is 3.98. The lowest BCUT2D eigenvalue weighted by Crippen LogP contribution is -1.91. The van der Waals surface area contributed by atoms with E-state index in [2.05, 4.69) is 13.2 Å². The summed E-state index contributed by atoms with van der Waals surface area (Å²) in [6.45, 7) is 9.50. The first-order valence-corrected chi connectivity index (χ1v) is 4.76. The van der Waals surface area contributed by atoms with Crippen LogP contribution in [0.1, 0.15) is 24.5 Å². The fourth-order valence-electron chi connectivity index (χ4n) is 1.35. The van der Waals surface area contributed by atoms with Gasteiger partial charge >= 0.3 is 0 Å². The molecule has 0 aliphatic heterocycles. The summed E-state index contributed by atoms with van der Waals surface area (Å²) in [6, 6.07) is 5.17. The average molecular weight is 190 g/mol. The molecular formula is C13H15F. The standard InChI is InChI=1S/C13H15F/c1-4-6-10(3)12-9-11(5-2)7-8-13(12)14/h4,7-9H,1,3,5-6H2,2H3. The Morgan fingerprint density at radius 1 is 1.50 bits per heavy atom. The zero-order chi connectivity index (χ0) is 10.6. The summed E-state index contributed by atoms with van der Waals surface area (Å²) in [5.41, 5.74) is 2.53. The molecule has 0 bridgehead atoms. The second-order valence-corrected chi connectivity index (χ2v) is 3.26. The normalized spacial score (nSPS) is 9.86. The molecule has 0 aromatic heterocycles. The minimum Gasteiger partial charge on any atom is -0.206 e. The van der Waals surface area contributed by atoms with Crippen LogP contribution in [0.2, 0.25) is 0 Å². The number of rotatable bonds is 4. The van der Waals surface area contributed by atoms with Crippen LogP contribution in [0.15, 0.2) is 37.4 Å². The third-order valence-electron chi connectivity index (χ3n) is 2.21. The predicted molar refractivity (Wildman–Crippen MR) is 59.6 cm³/mol. The van der Waals surface area contributed by atoms with Crippen LogP contribution in [-0.2, 0) is 6.42 Å². The Balaban J connectivity index is 3.05. The molecule has 0 amide bonds. The molecule has 1 aromatic rings. The van der Waals surface area contributed by atoms with Gasteiger partial charge in [0.05, 0.1) is 0 Å². The van der Waals surface area contributed by atoms with Crippen LogP contribution in [0.5, 0.6) is 0 Å². The van der Waals surface area contributed by atoms with Crippen molar-refractivity contribution in [1.82, 2.24) is 0 Å². The molecule has 0 aliphatic carbocycles. The van der Waals surface area contributed by atoms with Gasteiger partial charge in [-0.05, 0) is 36.1 Å². The molecule has 0 N–H and O–H groups in total. The molecule has 0 atom stereocenters. The van der Waals surface area contributed by atoms with Crippen molar-refractivity contribution in [3.63, 3.8) is 0 Å². The Morgan fingerprint density at radius 2 is 2.21 bits per heavy atom. The summed E-state index contributed by atoms with van der Waals surface area (Å²) in [5.74, 6) is -0.200. The number of allylic oxidation sites excluding steroid dienone is 2. The van der Waals surface area contributed by atoms with Gasteiger partial charge in [0.2, 0.25) is 0 Å². The molecule has 14 heavy (non-hydrogen) atoms. The van der Waals surface area contributed by atoms with Gasteiger partial charge in [0.1, 0.15) is 5.82 Å². The maximum Gasteiger partial charge on any atom is 0.130 e. The molecular weight excluding hydrogens is 175 g/mol. The molecule has 1 rings (SSSR count). The molecule has 0 unspecified atom stereocenters. The molecule has 0 saturated carbocycles. The number of hydrogen-bond acceptors (Lipinski definition) is 0. The average Bonchev–Trinajstić information content (AvgIpc) is 2.19. The van der Waals surface area contributed by atoms with E-state index in [4.69, 9.17) is 0 Å². The van der Waals surface area contributed by atoms with Crippen LogP contribution in [-0.4, -0.2) is 0 Å². The van der Waals surface area contributed by atoms with E-state index in [1.807, 2.05) is 13.0 Å². The summed E-state index contributed by atoms with van der Waals surface area (Å²) < 4.78 is 13.4. The highest BCUT2D eigenvalue weighted by Gasteiger charge is 2.05. The van der Waals surface area contributed by atoms with Gasteiger partial charge in [-0.2, -0.15) is 0 Å². The Kier molecular flexibility index (Phi) is 3.63. The van der Waals surface area contributed by atoms with Crippen molar-refractivity contribution in [3.05, 3.63) is 54.4 Å². The SMILES string of the molecule is C=CCC(=C)c1cc(CC)ccc1F. The minimum absolute atomic E-state index is 0.200. The lowest BCUT2D eigenvalue weighted by Gasteiger charge is -2.06. The molecule has 0 aliphatic rings. The van der Waals surface area contributed by atoms with Crippen LogP contribution in [0.25, 0.3) is 5.57 Å². The van der Waals surface area contributed by atoms with Gasteiger partial charge in [-0.3, -0.25) is 0 Å². The van der Waals surface area contributed by atoms with Gasteiger partial charge in [0, 0.05) is 5.56 Å². The highest BCUT2D eigenvalue weighted by molar-refractivity contribution is 5.65. The topological polar surface area (TPSA) is 0 Å². The van der Waals surface area contributed by atoms with Gasteiger partial charge in [-0.1, -0.05) is 25.6 Å². The molecule has 1 heteroatoms. The lowest BCUT2D eigenvalue weighted by molar-refractivity contribution is 0.623. The fraction of sp³-hybridized carbons (Fsp3) is 0.231. The van der Waals surface area contributed by atoms with Crippen molar-refractivity contribution >= 4 is 5.57 Å². The van der Waals surface area contributed by atoms with Gasteiger partial charge in [-0.25, -0.2) is 4.39 Å². The molecule has 0 saturated heterocycles. The van der Waals surface area contributed by atoms with E-state index in [0.29, 0.717) is 12.0 Å². The fourth-order valence-corrected chi connectivity index (χ4v) is 1.35. The molecule has 0 heterocycles. The highest BCUT2D eigenvalue weighted by atomic mass is 19.1. The maximum atomic E-state index is 13.4. The van der Waals surface area contributed by atoms with Crippen molar-refractivity contribution in [2.45, 2.75) is 19.8 Å². The van der Waals surface area contributed by atoms with Gasteiger partial charge in [0.25, 0.3) is 0 Å². The Labute approximate surface area is 84.8 Å². The van der Waals surface area contributed by atoms with Crippen molar-refractivity contribution < 1.29 is 4.39 Å². The third kappa shape index (κ3) is 2.32. The molecule has 0 spiro atoms. The van der Waals surface area contributed by atoms with Crippen LogP contribution in [0.4, 0.5) is 4.39 Å². The Morgan fingerprint density at radius 3 is 2.79 bits per heavy atom. The largest absolute Gasteiger partial charge is 0.206 e. The third-order valence-corrected chi connectivity index (χ3v) is 2.21. The summed E-state index contributed by atoms with van der Waals surface area (Å²) in [7, 11) is 0. The first-order chi connectivity index (χ1) is 6.69. The van der Waals surface area contributed by atoms with Crippen LogP contribution < -0.4 is 0 Å². The van der Waals surface area contributed by atoms with E-state index < -0.39 is 0 Å².